The SMILES string of the molecule is CC(=O)O.Nc1nc(C(=O)O)nc2nc[nH]c12.[Co]. The van der Waals surface area contributed by atoms with Gasteiger partial charge in [0.15, 0.2) is 11.5 Å². The van der Waals surface area contributed by atoms with E-state index in [0.717, 1.165) is 6.92 Å². The predicted octanol–water partition coefficient (Wildman–Crippen LogP) is -0.278. The molecule has 0 amide bonds. The average Bonchev–Trinajstić information content (AvgIpc) is 2.64. The Kier molecular flexibility index (Phi) is 5.71. The fourth-order valence-electron chi connectivity index (χ4n) is 0.951. The first-order chi connectivity index (χ1) is 7.91. The number of aliphatic carboxylic acids is 1. The van der Waals surface area contributed by atoms with E-state index in [4.69, 9.17) is 20.7 Å². The van der Waals surface area contributed by atoms with Crippen LogP contribution in [-0.2, 0) is 21.6 Å². The van der Waals surface area contributed by atoms with Crippen LogP contribution >= 0.6 is 0 Å². The van der Waals surface area contributed by atoms with E-state index in [-0.39, 0.29) is 34.1 Å². The number of nitrogen functional groups attached to an aromatic ring is 1. The van der Waals surface area contributed by atoms with E-state index < -0.39 is 11.9 Å². The van der Waals surface area contributed by atoms with Crippen LogP contribution in [0.4, 0.5) is 5.82 Å². The Morgan fingerprint density at radius 1 is 1.33 bits per heavy atom. The Labute approximate surface area is 111 Å². The van der Waals surface area contributed by atoms with E-state index in [1.54, 1.807) is 0 Å². The van der Waals surface area contributed by atoms with Crippen molar-refractivity contribution in [2.24, 2.45) is 0 Å². The van der Waals surface area contributed by atoms with Crippen LogP contribution in [0.15, 0.2) is 6.33 Å². The maximum absolute atomic E-state index is 10.5. The Hall–Kier alpha value is -2.20. The van der Waals surface area contributed by atoms with Gasteiger partial charge in [-0.05, 0) is 0 Å². The molecule has 10 heteroatoms. The number of nitrogens with one attached hydrogen (secondary N) is 1. The van der Waals surface area contributed by atoms with Crippen LogP contribution in [0.2, 0.25) is 0 Å². The largest absolute Gasteiger partial charge is 0.481 e. The Balaban J connectivity index is 0.000000512. The van der Waals surface area contributed by atoms with Crippen molar-refractivity contribution in [3.8, 4) is 0 Å². The second-order valence-corrected chi connectivity index (χ2v) is 2.86. The second kappa shape index (κ2) is 6.51. The molecular formula is C8H9CoN5O4. The first-order valence-electron chi connectivity index (χ1n) is 4.31. The molecule has 5 N–H and O–H groups in total. The summed E-state index contributed by atoms with van der Waals surface area (Å²) in [4.78, 5) is 33.2. The van der Waals surface area contributed by atoms with Crippen LogP contribution in [-0.4, -0.2) is 42.1 Å². The van der Waals surface area contributed by atoms with Crippen molar-refractivity contribution in [3.63, 3.8) is 0 Å². The van der Waals surface area contributed by atoms with Crippen molar-refractivity contribution in [2.75, 3.05) is 5.73 Å². The van der Waals surface area contributed by atoms with E-state index in [9.17, 15) is 4.79 Å². The maximum atomic E-state index is 10.5. The average molecular weight is 298 g/mol. The van der Waals surface area contributed by atoms with Crippen LogP contribution in [0.25, 0.3) is 11.2 Å². The standard InChI is InChI=1S/C6H5N5O2.C2H4O2.Co/c7-3-2-4(9-1-8-2)11-5(10-3)6(12)13;1-2(3)4;/h1H,(H,12,13)(H3,7,8,9,10,11);1H3,(H,3,4);. The monoisotopic (exact) mass is 298 g/mol. The van der Waals surface area contributed by atoms with Crippen LogP contribution in [0.5, 0.6) is 0 Å². The summed E-state index contributed by atoms with van der Waals surface area (Å²) >= 11 is 0. The first kappa shape index (κ1) is 15.8. The minimum Gasteiger partial charge on any atom is -0.481 e. The molecule has 18 heavy (non-hydrogen) atoms. The van der Waals surface area contributed by atoms with Gasteiger partial charge in [-0.3, -0.25) is 4.79 Å². The number of carboxylic acid groups (broad SMARTS) is 2. The van der Waals surface area contributed by atoms with E-state index in [1.165, 1.54) is 6.33 Å². The Morgan fingerprint density at radius 2 is 1.89 bits per heavy atom. The molecule has 2 aromatic heterocycles. The molecule has 0 bridgehead atoms. The van der Waals surface area contributed by atoms with Crippen molar-refractivity contribution in [2.45, 2.75) is 6.92 Å². The van der Waals surface area contributed by atoms with Crippen molar-refractivity contribution in [1.82, 2.24) is 19.9 Å². The third kappa shape index (κ3) is 3.99. The van der Waals surface area contributed by atoms with Gasteiger partial charge in [-0.2, -0.15) is 0 Å². The van der Waals surface area contributed by atoms with Crippen molar-refractivity contribution in [3.05, 3.63) is 12.2 Å². The summed E-state index contributed by atoms with van der Waals surface area (Å²) in [6.45, 7) is 1.08. The van der Waals surface area contributed by atoms with Gasteiger partial charge < -0.3 is 20.9 Å². The quantitative estimate of drug-likeness (QED) is 0.560. The van der Waals surface area contributed by atoms with Crippen LogP contribution < -0.4 is 5.73 Å². The third-order valence-electron chi connectivity index (χ3n) is 1.50. The molecule has 1 radical (unpaired) electrons. The van der Waals surface area contributed by atoms with Crippen LogP contribution in [0, 0.1) is 0 Å². The summed E-state index contributed by atoms with van der Waals surface area (Å²) in [7, 11) is 0. The number of carboxylic acids is 2. The molecule has 0 fully saturated rings. The fraction of sp³-hybridized carbons (Fsp3) is 0.125. The summed E-state index contributed by atoms with van der Waals surface area (Å²) in [5.74, 6) is -2.33. The van der Waals surface area contributed by atoms with Gasteiger partial charge in [-0.15, -0.1) is 0 Å². The van der Waals surface area contributed by atoms with Crippen LogP contribution in [0.3, 0.4) is 0 Å². The van der Waals surface area contributed by atoms with Crippen molar-refractivity contribution in [1.29, 1.82) is 0 Å². The number of hydrogen-bond donors (Lipinski definition) is 4. The molecule has 2 aromatic rings. The van der Waals surface area contributed by atoms with Gasteiger partial charge in [0.1, 0.15) is 5.52 Å². The number of H-pyrrole nitrogens is 1. The number of imidazole rings is 1. The smallest absolute Gasteiger partial charge is 0.374 e. The molecule has 2 heterocycles. The molecule has 0 saturated heterocycles. The first-order valence-corrected chi connectivity index (χ1v) is 4.31. The molecular weight excluding hydrogens is 289 g/mol. The maximum Gasteiger partial charge on any atom is 0.374 e. The summed E-state index contributed by atoms with van der Waals surface area (Å²) in [6.07, 6.45) is 1.38. The Morgan fingerprint density at radius 3 is 2.39 bits per heavy atom. The number of aromatic nitrogens is 4. The van der Waals surface area contributed by atoms with E-state index >= 15 is 0 Å². The number of nitrogens with zero attached hydrogens (tertiary/aromatic N) is 3. The number of nitrogens with two attached hydrogens (primary N) is 1. The minimum atomic E-state index is -1.23. The summed E-state index contributed by atoms with van der Waals surface area (Å²) in [5.41, 5.74) is 6.16. The number of hydrogen-bond acceptors (Lipinski definition) is 6. The number of aromatic amines is 1. The van der Waals surface area contributed by atoms with E-state index in [0.29, 0.717) is 5.52 Å². The van der Waals surface area contributed by atoms with Gasteiger partial charge in [0, 0.05) is 23.7 Å². The van der Waals surface area contributed by atoms with Gasteiger partial charge >= 0.3 is 5.97 Å². The number of fused-ring (bicyclic) bond motifs is 1. The normalized spacial score (nSPS) is 8.94. The van der Waals surface area contributed by atoms with Crippen LogP contribution in [0.1, 0.15) is 17.5 Å². The molecule has 99 valence electrons. The molecule has 0 aliphatic heterocycles. The summed E-state index contributed by atoms with van der Waals surface area (Å²) < 4.78 is 0. The van der Waals surface area contributed by atoms with Crippen molar-refractivity contribution >= 4 is 28.9 Å². The zero-order valence-electron chi connectivity index (χ0n) is 9.04. The molecule has 9 nitrogen and oxygen atoms in total. The number of anilines is 1. The number of aromatic carboxylic acids is 1. The van der Waals surface area contributed by atoms with Gasteiger partial charge in [-0.1, -0.05) is 0 Å². The van der Waals surface area contributed by atoms with E-state index in [2.05, 4.69) is 19.9 Å². The molecule has 2 rings (SSSR count). The number of carbonyl (C=O) groups is 2. The fourth-order valence-corrected chi connectivity index (χ4v) is 0.951. The summed E-state index contributed by atoms with van der Waals surface area (Å²) in [6, 6.07) is 0. The van der Waals surface area contributed by atoms with E-state index in [1.807, 2.05) is 0 Å². The molecule has 0 saturated carbocycles. The molecule has 0 spiro atoms. The van der Waals surface area contributed by atoms with Crippen molar-refractivity contribution < 1.29 is 36.6 Å². The zero-order chi connectivity index (χ0) is 13.0. The Bertz CT molecular complexity index is 566. The van der Waals surface area contributed by atoms with Gasteiger partial charge in [0.2, 0.25) is 5.82 Å². The topological polar surface area (TPSA) is 155 Å². The molecule has 0 aromatic carbocycles. The molecule has 0 atom stereocenters. The molecule has 0 aliphatic carbocycles. The predicted molar refractivity (Wildman–Crippen MR) is 56.4 cm³/mol. The van der Waals surface area contributed by atoms with Gasteiger partial charge in [-0.25, -0.2) is 19.7 Å². The zero-order valence-corrected chi connectivity index (χ0v) is 10.1. The summed E-state index contributed by atoms with van der Waals surface area (Å²) in [5, 5.41) is 16.0. The minimum absolute atomic E-state index is 0. The number of rotatable bonds is 1. The second-order valence-electron chi connectivity index (χ2n) is 2.86. The third-order valence-corrected chi connectivity index (χ3v) is 1.50. The molecule has 0 unspecified atom stereocenters. The van der Waals surface area contributed by atoms with Gasteiger partial charge in [0.25, 0.3) is 5.97 Å². The molecule has 0 aliphatic rings. The van der Waals surface area contributed by atoms with Gasteiger partial charge in [0.05, 0.1) is 6.33 Å².